The van der Waals surface area contributed by atoms with Crippen LogP contribution in [0.4, 0.5) is 0 Å². The summed E-state index contributed by atoms with van der Waals surface area (Å²) >= 11 is 0. The lowest BCUT2D eigenvalue weighted by atomic mass is 9.76. The van der Waals surface area contributed by atoms with Crippen LogP contribution >= 0.6 is 0 Å². The Morgan fingerprint density at radius 1 is 1.28 bits per heavy atom. The Morgan fingerprint density at radius 3 is 2.44 bits per heavy atom. The van der Waals surface area contributed by atoms with Gasteiger partial charge in [0, 0.05) is 13.2 Å². The van der Waals surface area contributed by atoms with Crippen molar-refractivity contribution in [2.24, 2.45) is 11.3 Å². The summed E-state index contributed by atoms with van der Waals surface area (Å²) in [6.07, 6.45) is 4.95. The van der Waals surface area contributed by atoms with E-state index in [1.54, 1.807) is 0 Å². The molecule has 1 unspecified atom stereocenters. The predicted molar refractivity (Wildman–Crippen MR) is 71.5 cm³/mol. The summed E-state index contributed by atoms with van der Waals surface area (Å²) in [6, 6.07) is 0. The average molecular weight is 257 g/mol. The second kappa shape index (κ2) is 7.10. The molecule has 0 bridgehead atoms. The van der Waals surface area contributed by atoms with Gasteiger partial charge in [-0.25, -0.2) is 0 Å². The number of likely N-dealkylation sites (tertiary alicyclic amines) is 1. The van der Waals surface area contributed by atoms with E-state index in [0.29, 0.717) is 6.54 Å². The van der Waals surface area contributed by atoms with Gasteiger partial charge >= 0.3 is 5.97 Å². The fourth-order valence-electron chi connectivity index (χ4n) is 2.80. The molecule has 18 heavy (non-hydrogen) atoms. The molecule has 106 valence electrons. The van der Waals surface area contributed by atoms with E-state index in [1.165, 1.54) is 0 Å². The van der Waals surface area contributed by atoms with Crippen molar-refractivity contribution in [2.45, 2.75) is 46.0 Å². The Morgan fingerprint density at radius 2 is 1.94 bits per heavy atom. The number of rotatable bonds is 8. The summed E-state index contributed by atoms with van der Waals surface area (Å²) in [5, 5.41) is 18.1. The first-order valence-electron chi connectivity index (χ1n) is 7.09. The highest BCUT2D eigenvalue weighted by Crippen LogP contribution is 2.38. The monoisotopic (exact) mass is 257 g/mol. The summed E-state index contributed by atoms with van der Waals surface area (Å²) in [6.45, 7) is 6.90. The molecule has 0 radical (unpaired) electrons. The van der Waals surface area contributed by atoms with Gasteiger partial charge in [0.25, 0.3) is 0 Å². The summed E-state index contributed by atoms with van der Waals surface area (Å²) in [7, 11) is 0. The van der Waals surface area contributed by atoms with Crippen LogP contribution in [0.1, 0.15) is 46.0 Å². The summed E-state index contributed by atoms with van der Waals surface area (Å²) in [5.41, 5.74) is -0.537. The zero-order valence-electron chi connectivity index (χ0n) is 11.7. The van der Waals surface area contributed by atoms with Crippen molar-refractivity contribution < 1.29 is 15.0 Å². The lowest BCUT2D eigenvalue weighted by Gasteiger charge is -2.28. The van der Waals surface area contributed by atoms with Crippen molar-refractivity contribution in [3.8, 4) is 0 Å². The van der Waals surface area contributed by atoms with E-state index < -0.39 is 11.4 Å². The van der Waals surface area contributed by atoms with Gasteiger partial charge < -0.3 is 15.1 Å². The number of hydrogen-bond donors (Lipinski definition) is 2. The van der Waals surface area contributed by atoms with Gasteiger partial charge in [-0.1, -0.05) is 26.7 Å². The maximum atomic E-state index is 11.5. The predicted octanol–water partition coefficient (Wildman–Crippen LogP) is 1.97. The van der Waals surface area contributed by atoms with Crippen LogP contribution in [0.15, 0.2) is 0 Å². The summed E-state index contributed by atoms with van der Waals surface area (Å²) in [4.78, 5) is 13.8. The molecule has 0 aromatic carbocycles. The van der Waals surface area contributed by atoms with Crippen LogP contribution in [0.25, 0.3) is 0 Å². The number of aliphatic hydroxyl groups excluding tert-OH is 1. The van der Waals surface area contributed by atoms with Gasteiger partial charge in [-0.05, 0) is 38.3 Å². The molecule has 0 amide bonds. The van der Waals surface area contributed by atoms with Gasteiger partial charge in [0.2, 0.25) is 0 Å². The smallest absolute Gasteiger partial charge is 0.311 e. The number of aliphatic carboxylic acids is 1. The van der Waals surface area contributed by atoms with Gasteiger partial charge in [-0.2, -0.15) is 0 Å². The maximum absolute atomic E-state index is 11.5. The number of carboxylic acid groups (broad SMARTS) is 1. The van der Waals surface area contributed by atoms with Gasteiger partial charge in [-0.15, -0.1) is 0 Å². The highest BCUT2D eigenvalue weighted by molar-refractivity contribution is 5.75. The van der Waals surface area contributed by atoms with Crippen molar-refractivity contribution >= 4 is 5.97 Å². The highest BCUT2D eigenvalue weighted by Gasteiger charge is 2.46. The fraction of sp³-hybridized carbons (Fsp3) is 0.929. The van der Waals surface area contributed by atoms with Crippen molar-refractivity contribution in [2.75, 3.05) is 26.2 Å². The molecule has 0 spiro atoms. The number of carboxylic acids is 1. The second-order valence-electron chi connectivity index (χ2n) is 5.78. The van der Waals surface area contributed by atoms with Crippen LogP contribution < -0.4 is 0 Å². The normalized spacial score (nSPS) is 24.9. The molecule has 0 aromatic heterocycles. The van der Waals surface area contributed by atoms with E-state index >= 15 is 0 Å². The van der Waals surface area contributed by atoms with Crippen molar-refractivity contribution in [1.29, 1.82) is 0 Å². The summed E-state index contributed by atoms with van der Waals surface area (Å²) < 4.78 is 0. The Balaban J connectivity index is 2.33. The first kappa shape index (κ1) is 15.4. The molecule has 1 aliphatic rings. The van der Waals surface area contributed by atoms with Crippen LogP contribution in [0, 0.1) is 11.3 Å². The van der Waals surface area contributed by atoms with Gasteiger partial charge in [0.05, 0.1) is 5.41 Å². The third-order valence-corrected chi connectivity index (χ3v) is 4.29. The molecule has 2 N–H and O–H groups in total. The quantitative estimate of drug-likeness (QED) is 0.653. The molecule has 1 atom stereocenters. The van der Waals surface area contributed by atoms with Crippen LogP contribution in [0.5, 0.6) is 0 Å². The Bertz CT molecular complexity index is 268. The standard InChI is InChI=1S/C14H27NO3/c1-12(2)14(13(17)18)7-9-15(11-14)8-5-3-4-6-10-16/h12,16H,3-11H2,1-2H3,(H,17,18). The third kappa shape index (κ3) is 3.69. The number of nitrogens with zero attached hydrogens (tertiary/aromatic N) is 1. The molecule has 1 saturated heterocycles. The van der Waals surface area contributed by atoms with E-state index in [9.17, 15) is 9.90 Å². The molecule has 0 aliphatic carbocycles. The fourth-order valence-corrected chi connectivity index (χ4v) is 2.80. The Labute approximate surface area is 110 Å². The lowest BCUT2D eigenvalue weighted by Crippen LogP contribution is -2.39. The average Bonchev–Trinajstić information content (AvgIpc) is 2.74. The maximum Gasteiger partial charge on any atom is 0.311 e. The minimum absolute atomic E-state index is 0.189. The van der Waals surface area contributed by atoms with Crippen molar-refractivity contribution in [1.82, 2.24) is 4.90 Å². The van der Waals surface area contributed by atoms with E-state index in [-0.39, 0.29) is 12.5 Å². The minimum Gasteiger partial charge on any atom is -0.481 e. The van der Waals surface area contributed by atoms with Crippen LogP contribution in [0.2, 0.25) is 0 Å². The molecular formula is C14H27NO3. The minimum atomic E-state index is -0.639. The zero-order chi connectivity index (χ0) is 13.6. The highest BCUT2D eigenvalue weighted by atomic mass is 16.4. The van der Waals surface area contributed by atoms with Crippen LogP contribution in [-0.4, -0.2) is 47.3 Å². The molecule has 4 heteroatoms. The third-order valence-electron chi connectivity index (χ3n) is 4.29. The number of carbonyl (C=O) groups is 1. The lowest BCUT2D eigenvalue weighted by molar-refractivity contribution is -0.151. The topological polar surface area (TPSA) is 60.8 Å². The molecule has 0 aromatic rings. The largest absolute Gasteiger partial charge is 0.481 e. The molecule has 4 nitrogen and oxygen atoms in total. The number of aliphatic hydroxyl groups is 1. The Hall–Kier alpha value is -0.610. The first-order valence-corrected chi connectivity index (χ1v) is 7.09. The molecule has 1 aliphatic heterocycles. The zero-order valence-corrected chi connectivity index (χ0v) is 11.7. The Kier molecular flexibility index (Phi) is 6.09. The van der Waals surface area contributed by atoms with E-state index in [0.717, 1.165) is 45.2 Å². The molecule has 1 rings (SSSR count). The number of hydrogen-bond acceptors (Lipinski definition) is 3. The van der Waals surface area contributed by atoms with E-state index in [4.69, 9.17) is 5.11 Å². The molecule has 0 saturated carbocycles. The van der Waals surface area contributed by atoms with Crippen molar-refractivity contribution in [3.05, 3.63) is 0 Å². The summed E-state index contributed by atoms with van der Waals surface area (Å²) in [5.74, 6) is -0.449. The van der Waals surface area contributed by atoms with Gasteiger partial charge in [0.1, 0.15) is 0 Å². The van der Waals surface area contributed by atoms with Gasteiger partial charge in [-0.3, -0.25) is 4.79 Å². The molecule has 1 heterocycles. The van der Waals surface area contributed by atoms with Gasteiger partial charge in [0.15, 0.2) is 0 Å². The van der Waals surface area contributed by atoms with E-state index in [1.807, 2.05) is 13.8 Å². The molecule has 1 fully saturated rings. The van der Waals surface area contributed by atoms with Crippen molar-refractivity contribution in [3.63, 3.8) is 0 Å². The first-order chi connectivity index (χ1) is 8.53. The second-order valence-corrected chi connectivity index (χ2v) is 5.78. The van der Waals surface area contributed by atoms with Crippen LogP contribution in [-0.2, 0) is 4.79 Å². The number of unbranched alkanes of at least 4 members (excludes halogenated alkanes) is 3. The SMILES string of the molecule is CC(C)C1(C(=O)O)CCN(CCCCCCO)C1. The van der Waals surface area contributed by atoms with Crippen LogP contribution in [0.3, 0.4) is 0 Å². The van der Waals surface area contributed by atoms with E-state index in [2.05, 4.69) is 4.90 Å². The molecular weight excluding hydrogens is 230 g/mol.